The summed E-state index contributed by atoms with van der Waals surface area (Å²) in [5.74, 6) is 0.572. The molecule has 0 spiro atoms. The Morgan fingerprint density at radius 3 is 2.43 bits per heavy atom. The number of carbonyl (C=O) groups excluding carboxylic acids is 1. The van der Waals surface area contributed by atoms with Gasteiger partial charge in [-0.15, -0.1) is 21.5 Å². The number of carboxylic acids is 1. The first-order valence-electron chi connectivity index (χ1n) is 12.5. The minimum Gasteiger partial charge on any atom is -0.481 e. The van der Waals surface area contributed by atoms with Gasteiger partial charge in [0.15, 0.2) is 5.82 Å². The molecule has 1 N–H and O–H groups in total. The molecule has 4 heterocycles. The number of anilines is 1. The van der Waals surface area contributed by atoms with Crippen LogP contribution in [-0.4, -0.2) is 57.7 Å². The van der Waals surface area contributed by atoms with Crippen LogP contribution in [-0.2, 0) is 14.3 Å². The van der Waals surface area contributed by atoms with Gasteiger partial charge in [-0.1, -0.05) is 12.1 Å². The predicted octanol–water partition coefficient (Wildman–Crippen LogP) is 4.40. The van der Waals surface area contributed by atoms with Gasteiger partial charge in [-0.25, -0.2) is 0 Å². The average Bonchev–Trinajstić information content (AvgIpc) is 3.36. The number of esters is 1. The molecule has 5 rings (SSSR count). The van der Waals surface area contributed by atoms with Crippen molar-refractivity contribution in [2.75, 3.05) is 25.1 Å². The molecule has 3 aromatic rings. The molecule has 0 unspecified atom stereocenters. The number of piperidine rings is 1. The van der Waals surface area contributed by atoms with E-state index >= 15 is 0 Å². The first-order valence-corrected chi connectivity index (χ1v) is 13.3. The highest BCUT2D eigenvalue weighted by Crippen LogP contribution is 2.39. The van der Waals surface area contributed by atoms with Crippen molar-refractivity contribution in [3.05, 3.63) is 57.5 Å². The van der Waals surface area contributed by atoms with Gasteiger partial charge in [-0.05, 0) is 57.2 Å². The molecule has 1 saturated heterocycles. The zero-order valence-electron chi connectivity index (χ0n) is 21.5. The Labute approximate surface area is 219 Å². The topological polar surface area (TPSA) is 110 Å². The highest BCUT2D eigenvalue weighted by atomic mass is 32.1. The van der Waals surface area contributed by atoms with E-state index in [0.29, 0.717) is 5.82 Å². The summed E-state index contributed by atoms with van der Waals surface area (Å²) >= 11 is 1.68. The van der Waals surface area contributed by atoms with E-state index in [1.165, 1.54) is 12.0 Å². The van der Waals surface area contributed by atoms with Crippen LogP contribution >= 0.6 is 11.3 Å². The molecule has 2 aliphatic rings. The molecule has 2 aromatic heterocycles. The van der Waals surface area contributed by atoms with E-state index < -0.39 is 12.0 Å². The number of hydrogen-bond donors (Lipinski definition) is 1. The van der Waals surface area contributed by atoms with Crippen LogP contribution < -0.4 is 4.90 Å². The Hall–Kier alpha value is -3.53. The lowest BCUT2D eigenvalue weighted by molar-refractivity contribution is -0.141. The molecule has 1 fully saturated rings. The fraction of sp³-hybridized carbons (Fsp3) is 0.444. The Bertz CT molecular complexity index is 1370. The first-order chi connectivity index (χ1) is 17.8. The second-order valence-electron chi connectivity index (χ2n) is 9.75. The van der Waals surface area contributed by atoms with Gasteiger partial charge < -0.3 is 14.7 Å². The normalized spacial score (nSPS) is 17.6. The average molecular weight is 522 g/mol. The highest BCUT2D eigenvalue weighted by molar-refractivity contribution is 7.15. The van der Waals surface area contributed by atoms with E-state index in [-0.39, 0.29) is 24.7 Å². The van der Waals surface area contributed by atoms with Crippen LogP contribution in [0, 0.1) is 26.7 Å². The number of aliphatic carboxylic acids is 1. The smallest absolute Gasteiger partial charge is 0.308 e. The van der Waals surface area contributed by atoms with Crippen molar-refractivity contribution in [1.29, 1.82) is 0 Å². The number of hydrogen-bond acceptors (Lipinski definition) is 8. The molecule has 0 saturated carbocycles. The van der Waals surface area contributed by atoms with Crippen molar-refractivity contribution < 1.29 is 19.4 Å². The minimum absolute atomic E-state index is 0.0779. The molecular formula is C27H31N5O4S. The largest absolute Gasteiger partial charge is 0.481 e. The molecule has 0 bridgehead atoms. The molecule has 0 radical (unpaired) electrons. The molecule has 37 heavy (non-hydrogen) atoms. The lowest BCUT2D eigenvalue weighted by Gasteiger charge is -2.33. The van der Waals surface area contributed by atoms with E-state index in [1.807, 2.05) is 11.5 Å². The number of carbonyl (C=O) groups is 2. The van der Waals surface area contributed by atoms with Crippen LogP contribution in [0.15, 0.2) is 29.3 Å². The number of benzene rings is 1. The number of ether oxygens (including phenoxy) is 1. The maximum Gasteiger partial charge on any atom is 0.308 e. The molecular weight excluding hydrogens is 490 g/mol. The summed E-state index contributed by atoms with van der Waals surface area (Å²) < 4.78 is 7.00. The van der Waals surface area contributed by atoms with Crippen LogP contribution in [0.1, 0.15) is 64.9 Å². The third-order valence-electron chi connectivity index (χ3n) is 7.41. The van der Waals surface area contributed by atoms with Crippen molar-refractivity contribution in [1.82, 2.24) is 14.8 Å². The lowest BCUT2D eigenvalue weighted by atomic mass is 9.93. The highest BCUT2D eigenvalue weighted by Gasteiger charge is 2.32. The Morgan fingerprint density at radius 2 is 1.78 bits per heavy atom. The summed E-state index contributed by atoms with van der Waals surface area (Å²) in [7, 11) is 1.38. The van der Waals surface area contributed by atoms with E-state index in [2.05, 4.69) is 53.2 Å². The molecule has 9 nitrogen and oxygen atoms in total. The second-order valence-corrected chi connectivity index (χ2v) is 11.0. The minimum atomic E-state index is -0.719. The summed E-state index contributed by atoms with van der Waals surface area (Å²) in [6.45, 7) is 7.82. The number of carboxylic acid groups (broad SMARTS) is 1. The van der Waals surface area contributed by atoms with E-state index in [9.17, 15) is 9.59 Å². The van der Waals surface area contributed by atoms with Gasteiger partial charge in [0.1, 0.15) is 16.9 Å². The quantitative estimate of drug-likeness (QED) is 0.479. The Kier molecular flexibility index (Phi) is 6.85. The van der Waals surface area contributed by atoms with Crippen molar-refractivity contribution in [2.45, 2.75) is 52.5 Å². The van der Waals surface area contributed by atoms with Gasteiger partial charge in [0.2, 0.25) is 0 Å². The van der Waals surface area contributed by atoms with Gasteiger partial charge in [0, 0.05) is 41.2 Å². The molecule has 1 aromatic carbocycles. The number of aliphatic imine (C=N–C) groups is 1. The van der Waals surface area contributed by atoms with Gasteiger partial charge in [-0.3, -0.25) is 19.1 Å². The van der Waals surface area contributed by atoms with E-state index in [4.69, 9.17) is 14.8 Å². The summed E-state index contributed by atoms with van der Waals surface area (Å²) in [5, 5.41) is 18.8. The zero-order valence-corrected chi connectivity index (χ0v) is 22.3. The SMILES string of the molecule is COC(=O)C[C@@H]1N=C(c2ccc(N3CCC(CC(=O)O)CC3)cc2)c2c(sc(C)c2C)-n2c(C)nnc21. The molecule has 2 aliphatic heterocycles. The monoisotopic (exact) mass is 521 g/mol. The third kappa shape index (κ3) is 4.77. The summed E-state index contributed by atoms with van der Waals surface area (Å²) in [4.78, 5) is 32.0. The molecule has 1 atom stereocenters. The van der Waals surface area contributed by atoms with Crippen LogP contribution in [0.5, 0.6) is 0 Å². The van der Waals surface area contributed by atoms with Crippen molar-refractivity contribution in [2.24, 2.45) is 10.9 Å². The van der Waals surface area contributed by atoms with E-state index in [0.717, 1.165) is 64.8 Å². The zero-order chi connectivity index (χ0) is 26.3. The number of methoxy groups -OCH3 is 1. The van der Waals surface area contributed by atoms with Gasteiger partial charge >= 0.3 is 11.9 Å². The van der Waals surface area contributed by atoms with Crippen LogP contribution in [0.25, 0.3) is 5.00 Å². The number of thiophene rings is 1. The molecule has 10 heteroatoms. The fourth-order valence-corrected chi connectivity index (χ4v) is 6.45. The molecule has 0 amide bonds. The van der Waals surface area contributed by atoms with Crippen LogP contribution in [0.3, 0.4) is 0 Å². The number of aromatic nitrogens is 3. The Balaban J connectivity index is 1.51. The van der Waals surface area contributed by atoms with Gasteiger partial charge in [0.25, 0.3) is 0 Å². The van der Waals surface area contributed by atoms with Crippen LogP contribution in [0.4, 0.5) is 5.69 Å². The van der Waals surface area contributed by atoms with Crippen molar-refractivity contribution in [3.63, 3.8) is 0 Å². The van der Waals surface area contributed by atoms with Gasteiger partial charge in [-0.2, -0.15) is 0 Å². The maximum absolute atomic E-state index is 12.3. The second kappa shape index (κ2) is 10.1. The standard InChI is InChI=1S/C27H31N5O4S/c1-15-16(2)37-27-24(15)25(28-21(14-23(35)36-4)26-30-29-17(3)32(26)27)19-5-7-20(8-6-19)31-11-9-18(10-12-31)13-22(33)34/h5-8,18,21H,9-14H2,1-4H3,(H,33,34)/t21-/m0/s1. The Morgan fingerprint density at radius 1 is 1.08 bits per heavy atom. The molecule has 0 aliphatic carbocycles. The lowest BCUT2D eigenvalue weighted by Crippen LogP contribution is -2.34. The number of nitrogens with zero attached hydrogens (tertiary/aromatic N) is 5. The summed E-state index contributed by atoms with van der Waals surface area (Å²) in [6.07, 6.45) is 2.08. The fourth-order valence-electron chi connectivity index (χ4n) is 5.24. The van der Waals surface area contributed by atoms with Crippen molar-refractivity contribution >= 4 is 34.7 Å². The number of aryl methyl sites for hydroxylation is 2. The third-order valence-corrected chi connectivity index (χ3v) is 8.60. The van der Waals surface area contributed by atoms with Gasteiger partial charge in [0.05, 0.1) is 19.2 Å². The summed E-state index contributed by atoms with van der Waals surface area (Å²) in [5.41, 5.74) is 5.12. The van der Waals surface area contributed by atoms with E-state index in [1.54, 1.807) is 11.3 Å². The maximum atomic E-state index is 12.3. The van der Waals surface area contributed by atoms with Crippen LogP contribution in [0.2, 0.25) is 0 Å². The first kappa shape index (κ1) is 25.1. The molecule has 194 valence electrons. The predicted molar refractivity (Wildman–Crippen MR) is 142 cm³/mol. The number of rotatable bonds is 6. The number of fused-ring (bicyclic) bond motifs is 3. The van der Waals surface area contributed by atoms with Crippen molar-refractivity contribution in [3.8, 4) is 5.00 Å². The summed E-state index contributed by atoms with van der Waals surface area (Å²) in [6, 6.07) is 7.87.